The van der Waals surface area contributed by atoms with Gasteiger partial charge in [-0.1, -0.05) is 0 Å². The lowest BCUT2D eigenvalue weighted by atomic mass is 10.1. The molecule has 0 saturated heterocycles. The van der Waals surface area contributed by atoms with Crippen molar-refractivity contribution >= 4 is 12.6 Å². The minimum Gasteiger partial charge on any atom is -0.496 e. The first kappa shape index (κ1) is 11.2. The second-order valence-electron chi connectivity index (χ2n) is 2.83. The van der Waals surface area contributed by atoms with Crippen molar-refractivity contribution in [1.29, 1.82) is 0 Å². The molecular weight excluding hydrogens is 198 g/mol. The molecule has 0 saturated carbocycles. The largest absolute Gasteiger partial charge is 0.496 e. The summed E-state index contributed by atoms with van der Waals surface area (Å²) in [6, 6.07) is 1.84. The monoisotopic (exact) mass is 213 g/mol. The van der Waals surface area contributed by atoms with Crippen molar-refractivity contribution in [3.63, 3.8) is 0 Å². The summed E-state index contributed by atoms with van der Waals surface area (Å²) in [6.45, 7) is 0. The first-order chi connectivity index (χ1) is 6.83. The van der Waals surface area contributed by atoms with Gasteiger partial charge in [-0.15, -0.1) is 0 Å². The number of hydrogen-bond donors (Lipinski definition) is 1. The van der Waals surface area contributed by atoms with E-state index in [1.807, 2.05) is 6.07 Å². The molecule has 0 aliphatic carbocycles. The number of rotatable bonds is 5. The average molecular weight is 213 g/mol. The molecule has 0 bridgehead atoms. The van der Waals surface area contributed by atoms with E-state index in [1.54, 1.807) is 20.4 Å². The number of thiol groups is 1. The van der Waals surface area contributed by atoms with Gasteiger partial charge in [0, 0.05) is 6.20 Å². The molecule has 78 valence electrons. The van der Waals surface area contributed by atoms with Crippen LogP contribution in [0.4, 0.5) is 0 Å². The molecule has 0 N–H and O–H groups in total. The maximum atomic E-state index is 5.24. The summed E-state index contributed by atoms with van der Waals surface area (Å²) >= 11 is 4.18. The normalized spacial score (nSPS) is 9.93. The highest BCUT2D eigenvalue weighted by atomic mass is 32.1. The molecule has 0 radical (unpaired) electrons. The topological polar surface area (TPSA) is 31.4 Å². The lowest BCUT2D eigenvalue weighted by Gasteiger charge is -2.10. The van der Waals surface area contributed by atoms with Crippen LogP contribution in [-0.2, 0) is 6.42 Å². The third kappa shape index (κ3) is 2.54. The third-order valence-corrected chi connectivity index (χ3v) is 2.29. The van der Waals surface area contributed by atoms with Gasteiger partial charge >= 0.3 is 0 Å². The Labute approximate surface area is 89.9 Å². The van der Waals surface area contributed by atoms with Crippen LogP contribution in [0.5, 0.6) is 11.6 Å². The molecule has 0 atom stereocenters. The lowest BCUT2D eigenvalue weighted by Crippen LogP contribution is -1.99. The number of methoxy groups -OCH3 is 2. The molecule has 14 heavy (non-hydrogen) atoms. The Morgan fingerprint density at radius 3 is 2.71 bits per heavy atom. The number of hydrogen-bond acceptors (Lipinski definition) is 4. The fraction of sp³-hybridized carbons (Fsp3) is 0.500. The Balaban J connectivity index is 2.93. The Hall–Kier alpha value is -0.900. The highest BCUT2D eigenvalue weighted by Gasteiger charge is 2.09. The van der Waals surface area contributed by atoms with E-state index in [1.165, 1.54) is 0 Å². The van der Waals surface area contributed by atoms with Crippen molar-refractivity contribution in [2.75, 3.05) is 20.0 Å². The average Bonchev–Trinajstić information content (AvgIpc) is 2.25. The lowest BCUT2D eigenvalue weighted by molar-refractivity contribution is 0.373. The molecule has 1 heterocycles. The molecule has 4 heteroatoms. The predicted molar refractivity (Wildman–Crippen MR) is 59.5 cm³/mol. The summed E-state index contributed by atoms with van der Waals surface area (Å²) in [5.41, 5.74) is 1.02. The zero-order valence-corrected chi connectivity index (χ0v) is 9.38. The molecular formula is C10H15NO2S. The molecule has 0 amide bonds. The second-order valence-corrected chi connectivity index (χ2v) is 3.28. The first-order valence-corrected chi connectivity index (χ1v) is 5.13. The minimum absolute atomic E-state index is 0.645. The zero-order valence-electron chi connectivity index (χ0n) is 8.49. The molecule has 0 fully saturated rings. The van der Waals surface area contributed by atoms with Gasteiger partial charge in [0.25, 0.3) is 0 Å². The van der Waals surface area contributed by atoms with E-state index in [9.17, 15) is 0 Å². The molecule has 0 aliphatic rings. The molecule has 3 nitrogen and oxygen atoms in total. The maximum absolute atomic E-state index is 5.24. The van der Waals surface area contributed by atoms with Gasteiger partial charge in [-0.25, -0.2) is 4.98 Å². The van der Waals surface area contributed by atoms with Gasteiger partial charge < -0.3 is 9.47 Å². The van der Waals surface area contributed by atoms with Crippen molar-refractivity contribution in [3.8, 4) is 11.6 Å². The van der Waals surface area contributed by atoms with Crippen LogP contribution in [0.15, 0.2) is 12.3 Å². The zero-order chi connectivity index (χ0) is 10.4. The minimum atomic E-state index is 0.645. The fourth-order valence-corrected chi connectivity index (χ4v) is 1.47. The van der Waals surface area contributed by atoms with Gasteiger partial charge in [0.05, 0.1) is 19.8 Å². The Kier molecular flexibility index (Phi) is 4.59. The van der Waals surface area contributed by atoms with E-state index in [0.717, 1.165) is 29.9 Å². The molecule has 0 aromatic carbocycles. The Morgan fingerprint density at radius 1 is 1.36 bits per heavy atom. The SMILES string of the molecule is COc1ccnc(OC)c1CCCS. The number of ether oxygens (including phenoxy) is 2. The number of aromatic nitrogens is 1. The van der Waals surface area contributed by atoms with Gasteiger partial charge in [0.1, 0.15) is 5.75 Å². The summed E-state index contributed by atoms with van der Waals surface area (Å²) in [7, 11) is 3.27. The van der Waals surface area contributed by atoms with Crippen molar-refractivity contribution in [3.05, 3.63) is 17.8 Å². The van der Waals surface area contributed by atoms with Gasteiger partial charge in [-0.3, -0.25) is 0 Å². The van der Waals surface area contributed by atoms with E-state index in [4.69, 9.17) is 9.47 Å². The first-order valence-electron chi connectivity index (χ1n) is 4.50. The van der Waals surface area contributed by atoms with Gasteiger partial charge in [-0.05, 0) is 24.7 Å². The Bertz CT molecular complexity index is 269. The summed E-state index contributed by atoms with van der Waals surface area (Å²) in [6.07, 6.45) is 3.55. The molecule has 1 rings (SSSR count). The quantitative estimate of drug-likeness (QED) is 0.759. The van der Waals surface area contributed by atoms with Crippen LogP contribution in [0.25, 0.3) is 0 Å². The molecule has 1 aromatic heterocycles. The van der Waals surface area contributed by atoms with E-state index in [-0.39, 0.29) is 0 Å². The summed E-state index contributed by atoms with van der Waals surface area (Å²) < 4.78 is 10.4. The van der Waals surface area contributed by atoms with E-state index < -0.39 is 0 Å². The summed E-state index contributed by atoms with van der Waals surface area (Å²) in [4.78, 5) is 4.13. The van der Waals surface area contributed by atoms with Gasteiger partial charge in [0.15, 0.2) is 0 Å². The summed E-state index contributed by atoms with van der Waals surface area (Å²) in [5, 5.41) is 0. The molecule has 0 spiro atoms. The summed E-state index contributed by atoms with van der Waals surface area (Å²) in [5.74, 6) is 2.33. The van der Waals surface area contributed by atoms with E-state index in [0.29, 0.717) is 5.88 Å². The van der Waals surface area contributed by atoms with Crippen LogP contribution >= 0.6 is 12.6 Å². The van der Waals surface area contributed by atoms with Crippen LogP contribution in [0.3, 0.4) is 0 Å². The molecule has 1 aromatic rings. The van der Waals surface area contributed by atoms with Crippen molar-refractivity contribution in [2.45, 2.75) is 12.8 Å². The number of nitrogens with zero attached hydrogens (tertiary/aromatic N) is 1. The van der Waals surface area contributed by atoms with Crippen LogP contribution in [0, 0.1) is 0 Å². The van der Waals surface area contributed by atoms with Crippen molar-refractivity contribution in [1.82, 2.24) is 4.98 Å². The predicted octanol–water partition coefficient (Wildman–Crippen LogP) is 1.96. The van der Waals surface area contributed by atoms with E-state index >= 15 is 0 Å². The third-order valence-electron chi connectivity index (χ3n) is 1.97. The fourth-order valence-electron chi connectivity index (χ4n) is 1.31. The van der Waals surface area contributed by atoms with Crippen LogP contribution < -0.4 is 9.47 Å². The Morgan fingerprint density at radius 2 is 2.14 bits per heavy atom. The molecule has 0 unspecified atom stereocenters. The number of pyridine rings is 1. The van der Waals surface area contributed by atoms with Crippen molar-refractivity contribution < 1.29 is 9.47 Å². The second kappa shape index (κ2) is 5.75. The highest BCUT2D eigenvalue weighted by Crippen LogP contribution is 2.26. The van der Waals surface area contributed by atoms with E-state index in [2.05, 4.69) is 17.6 Å². The van der Waals surface area contributed by atoms with Crippen LogP contribution in [0.1, 0.15) is 12.0 Å². The standard InChI is InChI=1S/C10H15NO2S/c1-12-9-5-6-11-10(13-2)8(9)4-3-7-14/h5-6,14H,3-4,7H2,1-2H3. The highest BCUT2D eigenvalue weighted by molar-refractivity contribution is 7.80. The van der Waals surface area contributed by atoms with Crippen LogP contribution in [0.2, 0.25) is 0 Å². The molecule has 0 aliphatic heterocycles. The smallest absolute Gasteiger partial charge is 0.219 e. The van der Waals surface area contributed by atoms with Crippen molar-refractivity contribution in [2.24, 2.45) is 0 Å². The maximum Gasteiger partial charge on any atom is 0.219 e. The van der Waals surface area contributed by atoms with Crippen LogP contribution in [-0.4, -0.2) is 25.0 Å². The van der Waals surface area contributed by atoms with Gasteiger partial charge in [-0.2, -0.15) is 12.6 Å². The van der Waals surface area contributed by atoms with Gasteiger partial charge in [0.2, 0.25) is 5.88 Å².